The van der Waals surface area contributed by atoms with Crippen molar-refractivity contribution in [3.8, 4) is 0 Å². The van der Waals surface area contributed by atoms with Crippen molar-refractivity contribution in [2.75, 3.05) is 11.9 Å². The van der Waals surface area contributed by atoms with Gasteiger partial charge in [0.25, 0.3) is 11.8 Å². The van der Waals surface area contributed by atoms with Crippen LogP contribution >= 0.6 is 0 Å². The van der Waals surface area contributed by atoms with Crippen LogP contribution in [0.1, 0.15) is 44.9 Å². The number of hydrogen-bond acceptors (Lipinski definition) is 4. The third-order valence-corrected chi connectivity index (χ3v) is 3.52. The lowest BCUT2D eigenvalue weighted by molar-refractivity contribution is 0.0934. The highest BCUT2D eigenvalue weighted by Crippen LogP contribution is 2.18. The molecule has 24 heavy (non-hydrogen) atoms. The van der Waals surface area contributed by atoms with Gasteiger partial charge in [-0.2, -0.15) is 0 Å². The van der Waals surface area contributed by atoms with Crippen LogP contribution in [0.25, 0.3) is 0 Å². The SMILES string of the molecule is CCNC(=O)c1nc(C)c(C)nc1C(=O)Nc1cc(F)ccc1C. The van der Waals surface area contributed by atoms with Crippen molar-refractivity contribution in [1.29, 1.82) is 0 Å². The fourth-order valence-corrected chi connectivity index (χ4v) is 2.07. The Morgan fingerprint density at radius 2 is 1.62 bits per heavy atom. The average molecular weight is 330 g/mol. The van der Waals surface area contributed by atoms with Crippen LogP contribution in [0.2, 0.25) is 0 Å². The van der Waals surface area contributed by atoms with E-state index >= 15 is 0 Å². The number of nitrogens with zero attached hydrogens (tertiary/aromatic N) is 2. The highest BCUT2D eigenvalue weighted by atomic mass is 19.1. The van der Waals surface area contributed by atoms with Crippen LogP contribution in [-0.4, -0.2) is 28.3 Å². The standard InChI is InChI=1S/C17H19FN4O2/c1-5-19-16(23)14-15(21-11(4)10(3)20-14)17(24)22-13-8-12(18)7-6-9(13)2/h6-8H,5H2,1-4H3,(H,19,23)(H,22,24). The zero-order valence-corrected chi connectivity index (χ0v) is 14.0. The van der Waals surface area contributed by atoms with Gasteiger partial charge in [0.05, 0.1) is 11.4 Å². The van der Waals surface area contributed by atoms with Crippen LogP contribution in [0.4, 0.5) is 10.1 Å². The molecule has 1 heterocycles. The molecule has 0 aliphatic carbocycles. The number of nitrogens with one attached hydrogen (secondary N) is 2. The molecule has 2 amide bonds. The van der Waals surface area contributed by atoms with E-state index < -0.39 is 17.6 Å². The van der Waals surface area contributed by atoms with Crippen molar-refractivity contribution in [3.05, 3.63) is 52.4 Å². The van der Waals surface area contributed by atoms with Gasteiger partial charge in [-0.15, -0.1) is 0 Å². The molecule has 0 atom stereocenters. The minimum absolute atomic E-state index is 0.0495. The summed E-state index contributed by atoms with van der Waals surface area (Å²) in [6.45, 7) is 7.32. The maximum Gasteiger partial charge on any atom is 0.276 e. The molecular weight excluding hydrogens is 311 g/mol. The van der Waals surface area contributed by atoms with Gasteiger partial charge in [-0.1, -0.05) is 6.07 Å². The quantitative estimate of drug-likeness (QED) is 0.902. The van der Waals surface area contributed by atoms with Crippen LogP contribution in [0, 0.1) is 26.6 Å². The van der Waals surface area contributed by atoms with Gasteiger partial charge in [-0.05, 0) is 45.4 Å². The first-order valence-electron chi connectivity index (χ1n) is 7.54. The second kappa shape index (κ2) is 7.16. The van der Waals surface area contributed by atoms with Gasteiger partial charge in [0.2, 0.25) is 0 Å². The summed E-state index contributed by atoms with van der Waals surface area (Å²) >= 11 is 0. The third kappa shape index (κ3) is 3.73. The molecular formula is C17H19FN4O2. The van der Waals surface area contributed by atoms with E-state index in [9.17, 15) is 14.0 Å². The summed E-state index contributed by atoms with van der Waals surface area (Å²) in [4.78, 5) is 33.1. The van der Waals surface area contributed by atoms with E-state index in [-0.39, 0.29) is 11.4 Å². The van der Waals surface area contributed by atoms with Gasteiger partial charge >= 0.3 is 0 Å². The molecule has 0 radical (unpaired) electrons. The Labute approximate surface area is 139 Å². The first-order valence-corrected chi connectivity index (χ1v) is 7.54. The summed E-state index contributed by atoms with van der Waals surface area (Å²) in [5, 5.41) is 5.20. The number of halogens is 1. The van der Waals surface area contributed by atoms with Crippen molar-refractivity contribution in [2.45, 2.75) is 27.7 Å². The van der Waals surface area contributed by atoms with E-state index in [1.165, 1.54) is 12.1 Å². The van der Waals surface area contributed by atoms with Crippen molar-refractivity contribution in [2.24, 2.45) is 0 Å². The number of hydrogen-bond donors (Lipinski definition) is 2. The predicted molar refractivity (Wildman–Crippen MR) is 88.6 cm³/mol. The highest BCUT2D eigenvalue weighted by Gasteiger charge is 2.22. The molecule has 1 aromatic carbocycles. The van der Waals surface area contributed by atoms with E-state index in [0.29, 0.717) is 29.2 Å². The molecule has 6 nitrogen and oxygen atoms in total. The Hall–Kier alpha value is -2.83. The van der Waals surface area contributed by atoms with Crippen molar-refractivity contribution < 1.29 is 14.0 Å². The fraction of sp³-hybridized carbons (Fsp3) is 0.294. The normalized spacial score (nSPS) is 10.4. The summed E-state index contributed by atoms with van der Waals surface area (Å²) in [5.41, 5.74) is 1.99. The van der Waals surface area contributed by atoms with Gasteiger partial charge in [0.1, 0.15) is 5.82 Å². The number of carbonyl (C=O) groups excluding carboxylic acids is 2. The summed E-state index contributed by atoms with van der Waals surface area (Å²) in [6.07, 6.45) is 0. The number of anilines is 1. The molecule has 0 aliphatic heterocycles. The molecule has 0 bridgehead atoms. The van der Waals surface area contributed by atoms with Crippen LogP contribution in [0.5, 0.6) is 0 Å². The Bertz CT molecular complexity index is 805. The summed E-state index contributed by atoms with van der Waals surface area (Å²) in [7, 11) is 0. The van der Waals surface area contributed by atoms with Crippen LogP contribution < -0.4 is 10.6 Å². The topological polar surface area (TPSA) is 84.0 Å². The van der Waals surface area contributed by atoms with E-state index in [1.807, 2.05) is 0 Å². The lowest BCUT2D eigenvalue weighted by Gasteiger charge is -2.12. The molecule has 126 valence electrons. The number of amides is 2. The van der Waals surface area contributed by atoms with Gasteiger partial charge in [0.15, 0.2) is 11.4 Å². The molecule has 7 heteroatoms. The molecule has 2 rings (SSSR count). The van der Waals surface area contributed by atoms with E-state index in [4.69, 9.17) is 0 Å². The monoisotopic (exact) mass is 330 g/mol. The second-order valence-electron chi connectivity index (χ2n) is 5.36. The zero-order valence-electron chi connectivity index (χ0n) is 14.0. The lowest BCUT2D eigenvalue weighted by Crippen LogP contribution is -2.29. The third-order valence-electron chi connectivity index (χ3n) is 3.52. The minimum Gasteiger partial charge on any atom is -0.351 e. The maximum absolute atomic E-state index is 13.4. The molecule has 0 fully saturated rings. The molecule has 0 spiro atoms. The maximum atomic E-state index is 13.4. The smallest absolute Gasteiger partial charge is 0.276 e. The van der Waals surface area contributed by atoms with E-state index in [1.54, 1.807) is 33.8 Å². The molecule has 2 N–H and O–H groups in total. The van der Waals surface area contributed by atoms with Crippen LogP contribution in [0.3, 0.4) is 0 Å². The largest absolute Gasteiger partial charge is 0.351 e. The molecule has 0 unspecified atom stereocenters. The van der Waals surface area contributed by atoms with Crippen molar-refractivity contribution in [3.63, 3.8) is 0 Å². The van der Waals surface area contributed by atoms with Gasteiger partial charge < -0.3 is 10.6 Å². The predicted octanol–water partition coefficient (Wildman–Crippen LogP) is 2.54. The molecule has 2 aromatic rings. The molecule has 1 aromatic heterocycles. The summed E-state index contributed by atoms with van der Waals surface area (Å²) < 4.78 is 13.4. The molecule has 0 aliphatic rings. The highest BCUT2D eigenvalue weighted by molar-refractivity contribution is 6.10. The van der Waals surface area contributed by atoms with Crippen LogP contribution in [-0.2, 0) is 0 Å². The number of benzene rings is 1. The zero-order chi connectivity index (χ0) is 17.9. The van der Waals surface area contributed by atoms with Gasteiger partial charge in [0, 0.05) is 12.2 Å². The molecule has 0 saturated heterocycles. The number of aryl methyl sites for hydroxylation is 3. The first-order chi connectivity index (χ1) is 11.3. The van der Waals surface area contributed by atoms with Gasteiger partial charge in [-0.25, -0.2) is 14.4 Å². The lowest BCUT2D eigenvalue weighted by atomic mass is 10.1. The van der Waals surface area contributed by atoms with E-state index in [2.05, 4.69) is 20.6 Å². The summed E-state index contributed by atoms with van der Waals surface area (Å²) in [6, 6.07) is 4.08. The Morgan fingerprint density at radius 3 is 2.21 bits per heavy atom. The Balaban J connectivity index is 2.42. The number of carbonyl (C=O) groups is 2. The van der Waals surface area contributed by atoms with Crippen molar-refractivity contribution >= 4 is 17.5 Å². The van der Waals surface area contributed by atoms with Gasteiger partial charge in [-0.3, -0.25) is 9.59 Å². The van der Waals surface area contributed by atoms with Crippen molar-refractivity contribution in [1.82, 2.24) is 15.3 Å². The fourth-order valence-electron chi connectivity index (χ4n) is 2.07. The van der Waals surface area contributed by atoms with Crippen LogP contribution in [0.15, 0.2) is 18.2 Å². The summed E-state index contributed by atoms with van der Waals surface area (Å²) in [5.74, 6) is -1.55. The van der Waals surface area contributed by atoms with E-state index in [0.717, 1.165) is 0 Å². The Morgan fingerprint density at radius 1 is 1.04 bits per heavy atom. The number of rotatable bonds is 4. The Kier molecular flexibility index (Phi) is 5.23. The average Bonchev–Trinajstić information content (AvgIpc) is 2.53. The minimum atomic E-state index is -0.611. The second-order valence-corrected chi connectivity index (χ2v) is 5.36. The molecule has 0 saturated carbocycles. The first kappa shape index (κ1) is 17.5. The number of aromatic nitrogens is 2.